The van der Waals surface area contributed by atoms with Crippen LogP contribution in [0.1, 0.15) is 12.8 Å². The SMILES string of the molecule is O=C(Cn1ccc2ccc(Cl)cc21)N1CCC(COc2ccccc2)CC1. The minimum absolute atomic E-state index is 0.162. The highest BCUT2D eigenvalue weighted by molar-refractivity contribution is 6.31. The summed E-state index contributed by atoms with van der Waals surface area (Å²) < 4.78 is 7.85. The lowest BCUT2D eigenvalue weighted by Gasteiger charge is -2.32. The van der Waals surface area contributed by atoms with Crippen molar-refractivity contribution in [3.63, 3.8) is 0 Å². The second-order valence-electron chi connectivity index (χ2n) is 7.09. The van der Waals surface area contributed by atoms with E-state index < -0.39 is 0 Å². The number of likely N-dealkylation sites (tertiary alicyclic amines) is 1. The molecular weight excluding hydrogens is 360 g/mol. The van der Waals surface area contributed by atoms with Gasteiger partial charge in [0.1, 0.15) is 12.3 Å². The lowest BCUT2D eigenvalue weighted by Crippen LogP contribution is -2.41. The quantitative estimate of drug-likeness (QED) is 0.645. The van der Waals surface area contributed by atoms with E-state index in [9.17, 15) is 4.79 Å². The first-order chi connectivity index (χ1) is 13.2. The van der Waals surface area contributed by atoms with Crippen LogP contribution >= 0.6 is 11.6 Å². The van der Waals surface area contributed by atoms with E-state index in [4.69, 9.17) is 16.3 Å². The van der Waals surface area contributed by atoms with E-state index in [1.165, 1.54) is 0 Å². The molecule has 1 aliphatic rings. The van der Waals surface area contributed by atoms with Crippen molar-refractivity contribution in [1.29, 1.82) is 0 Å². The Morgan fingerprint density at radius 2 is 1.85 bits per heavy atom. The zero-order valence-electron chi connectivity index (χ0n) is 15.2. The number of fused-ring (bicyclic) bond motifs is 1. The number of halogens is 1. The smallest absolute Gasteiger partial charge is 0.242 e. The Kier molecular flexibility index (Phi) is 5.35. The van der Waals surface area contributed by atoms with Crippen LogP contribution in [-0.2, 0) is 11.3 Å². The molecule has 1 amide bonds. The van der Waals surface area contributed by atoms with E-state index in [0.29, 0.717) is 24.1 Å². The number of carbonyl (C=O) groups is 1. The molecule has 0 radical (unpaired) electrons. The summed E-state index contributed by atoms with van der Waals surface area (Å²) in [6, 6.07) is 17.7. The average molecular weight is 383 g/mol. The predicted octanol–water partition coefficient (Wildman–Crippen LogP) is 4.61. The van der Waals surface area contributed by atoms with Gasteiger partial charge in [-0.15, -0.1) is 0 Å². The van der Waals surface area contributed by atoms with E-state index in [2.05, 4.69) is 0 Å². The number of benzene rings is 2. The maximum Gasteiger partial charge on any atom is 0.242 e. The van der Waals surface area contributed by atoms with E-state index in [-0.39, 0.29) is 5.91 Å². The number of hydrogen-bond donors (Lipinski definition) is 0. The number of ether oxygens (including phenoxy) is 1. The number of piperidine rings is 1. The van der Waals surface area contributed by atoms with E-state index in [1.807, 2.05) is 70.3 Å². The number of rotatable bonds is 5. The number of nitrogens with zero attached hydrogens (tertiary/aromatic N) is 2. The summed E-state index contributed by atoms with van der Waals surface area (Å²) >= 11 is 6.10. The number of hydrogen-bond acceptors (Lipinski definition) is 2. The van der Waals surface area contributed by atoms with Crippen LogP contribution in [-0.4, -0.2) is 35.1 Å². The molecule has 2 heterocycles. The lowest BCUT2D eigenvalue weighted by molar-refractivity contribution is -0.133. The van der Waals surface area contributed by atoms with E-state index in [0.717, 1.165) is 42.6 Å². The molecule has 0 unspecified atom stereocenters. The highest BCUT2D eigenvalue weighted by Crippen LogP contribution is 2.22. The molecule has 3 aromatic rings. The van der Waals surface area contributed by atoms with Gasteiger partial charge in [0.25, 0.3) is 0 Å². The third kappa shape index (κ3) is 4.28. The molecule has 1 fully saturated rings. The molecule has 0 aliphatic carbocycles. The summed E-state index contributed by atoms with van der Waals surface area (Å²) in [5.74, 6) is 1.57. The first-order valence-corrected chi connectivity index (χ1v) is 9.77. The van der Waals surface area contributed by atoms with Gasteiger partial charge in [0, 0.05) is 29.8 Å². The molecule has 0 spiro atoms. The van der Waals surface area contributed by atoms with Crippen LogP contribution in [0.15, 0.2) is 60.8 Å². The van der Waals surface area contributed by atoms with Crippen molar-refractivity contribution in [2.45, 2.75) is 19.4 Å². The van der Waals surface area contributed by atoms with Crippen LogP contribution in [0.2, 0.25) is 5.02 Å². The largest absolute Gasteiger partial charge is 0.493 e. The lowest BCUT2D eigenvalue weighted by atomic mass is 9.98. The van der Waals surface area contributed by atoms with Gasteiger partial charge in [-0.25, -0.2) is 0 Å². The van der Waals surface area contributed by atoms with Crippen molar-refractivity contribution < 1.29 is 9.53 Å². The van der Waals surface area contributed by atoms with Gasteiger partial charge in [-0.05, 0) is 54.5 Å². The third-order valence-corrected chi connectivity index (χ3v) is 5.47. The highest BCUT2D eigenvalue weighted by atomic mass is 35.5. The fourth-order valence-corrected chi connectivity index (χ4v) is 3.79. The second-order valence-corrected chi connectivity index (χ2v) is 7.53. The summed E-state index contributed by atoms with van der Waals surface area (Å²) in [5, 5.41) is 1.79. The van der Waals surface area contributed by atoms with Gasteiger partial charge in [-0.1, -0.05) is 35.9 Å². The summed E-state index contributed by atoms with van der Waals surface area (Å²) in [6.07, 6.45) is 3.92. The monoisotopic (exact) mass is 382 g/mol. The average Bonchev–Trinajstić information content (AvgIpc) is 3.09. The maximum absolute atomic E-state index is 12.7. The molecule has 0 bridgehead atoms. The molecular formula is C22H23ClN2O2. The van der Waals surface area contributed by atoms with Gasteiger partial charge in [0.05, 0.1) is 6.61 Å². The van der Waals surface area contributed by atoms with Crippen molar-refractivity contribution in [3.8, 4) is 5.75 Å². The minimum atomic E-state index is 0.162. The van der Waals surface area contributed by atoms with Gasteiger partial charge in [-0.2, -0.15) is 0 Å². The molecule has 5 heteroatoms. The molecule has 2 aromatic carbocycles. The molecule has 0 N–H and O–H groups in total. The first-order valence-electron chi connectivity index (χ1n) is 9.39. The van der Waals surface area contributed by atoms with Gasteiger partial charge in [0.15, 0.2) is 0 Å². The van der Waals surface area contributed by atoms with Crippen molar-refractivity contribution >= 4 is 28.4 Å². The van der Waals surface area contributed by atoms with Crippen molar-refractivity contribution in [3.05, 3.63) is 65.8 Å². The Bertz CT molecular complexity index is 914. The van der Waals surface area contributed by atoms with Crippen LogP contribution in [0.3, 0.4) is 0 Å². The standard InChI is InChI=1S/C22H23ClN2O2/c23-19-7-6-18-10-13-25(21(18)14-19)15-22(26)24-11-8-17(9-12-24)16-27-20-4-2-1-3-5-20/h1-7,10,13-14,17H,8-9,11-12,15-16H2. The van der Waals surface area contributed by atoms with Crippen LogP contribution in [0.25, 0.3) is 10.9 Å². The van der Waals surface area contributed by atoms with Gasteiger partial charge >= 0.3 is 0 Å². The number of amides is 1. The maximum atomic E-state index is 12.7. The Labute approximate surface area is 164 Å². The number of para-hydroxylation sites is 1. The fourth-order valence-electron chi connectivity index (χ4n) is 3.62. The highest BCUT2D eigenvalue weighted by Gasteiger charge is 2.23. The first kappa shape index (κ1) is 17.9. The Balaban J connectivity index is 1.30. The van der Waals surface area contributed by atoms with Gasteiger partial charge in [-0.3, -0.25) is 4.79 Å². The van der Waals surface area contributed by atoms with Crippen molar-refractivity contribution in [1.82, 2.24) is 9.47 Å². The predicted molar refractivity (Wildman–Crippen MR) is 108 cm³/mol. The normalized spacial score (nSPS) is 15.2. The van der Waals surface area contributed by atoms with Crippen molar-refractivity contribution in [2.75, 3.05) is 19.7 Å². The third-order valence-electron chi connectivity index (χ3n) is 5.24. The Morgan fingerprint density at radius 1 is 1.07 bits per heavy atom. The van der Waals surface area contributed by atoms with E-state index in [1.54, 1.807) is 0 Å². The number of carbonyl (C=O) groups excluding carboxylic acids is 1. The Hall–Kier alpha value is -2.46. The molecule has 27 heavy (non-hydrogen) atoms. The topological polar surface area (TPSA) is 34.5 Å². The molecule has 0 atom stereocenters. The second kappa shape index (κ2) is 8.05. The molecule has 1 saturated heterocycles. The zero-order valence-corrected chi connectivity index (χ0v) is 15.9. The minimum Gasteiger partial charge on any atom is -0.493 e. The van der Waals surface area contributed by atoms with Gasteiger partial charge in [0.2, 0.25) is 5.91 Å². The summed E-state index contributed by atoms with van der Waals surface area (Å²) in [5.41, 5.74) is 1.00. The number of aromatic nitrogens is 1. The molecule has 1 aromatic heterocycles. The summed E-state index contributed by atoms with van der Waals surface area (Å²) in [4.78, 5) is 14.7. The summed E-state index contributed by atoms with van der Waals surface area (Å²) in [6.45, 7) is 2.66. The Morgan fingerprint density at radius 3 is 2.63 bits per heavy atom. The van der Waals surface area contributed by atoms with Crippen LogP contribution in [0.4, 0.5) is 0 Å². The zero-order chi connectivity index (χ0) is 18.6. The van der Waals surface area contributed by atoms with Crippen LogP contribution < -0.4 is 4.74 Å². The molecule has 140 valence electrons. The summed E-state index contributed by atoms with van der Waals surface area (Å²) in [7, 11) is 0. The fraction of sp³-hybridized carbons (Fsp3) is 0.318. The molecule has 0 saturated carbocycles. The van der Waals surface area contributed by atoms with Gasteiger partial charge < -0.3 is 14.2 Å². The van der Waals surface area contributed by atoms with Crippen molar-refractivity contribution in [2.24, 2.45) is 5.92 Å². The molecule has 1 aliphatic heterocycles. The van der Waals surface area contributed by atoms with Crippen LogP contribution in [0.5, 0.6) is 5.75 Å². The molecule has 4 rings (SSSR count). The van der Waals surface area contributed by atoms with E-state index >= 15 is 0 Å². The van der Waals surface area contributed by atoms with Crippen LogP contribution in [0, 0.1) is 5.92 Å². The molecule has 4 nitrogen and oxygen atoms in total.